The van der Waals surface area contributed by atoms with Crippen molar-refractivity contribution in [1.82, 2.24) is 25.4 Å². The quantitative estimate of drug-likeness (QED) is 0.261. The number of carbonyl (C=O) groups is 2. The Hall–Kier alpha value is -4.27. The highest BCUT2D eigenvalue weighted by molar-refractivity contribution is 5.94. The summed E-state index contributed by atoms with van der Waals surface area (Å²) in [5.41, 5.74) is 3.17. The Balaban J connectivity index is 1.36. The molecule has 0 radical (unpaired) electrons. The number of ketones is 1. The Morgan fingerprint density at radius 3 is 2.89 bits per heavy atom. The maximum absolute atomic E-state index is 12.2. The molecule has 5 rings (SSSR count). The predicted octanol–water partition coefficient (Wildman–Crippen LogP) is 4.64. The second kappa shape index (κ2) is 9.77. The van der Waals surface area contributed by atoms with E-state index >= 15 is 0 Å². The van der Waals surface area contributed by atoms with E-state index in [0.29, 0.717) is 49.4 Å². The van der Waals surface area contributed by atoms with Crippen LogP contribution in [0.2, 0.25) is 0 Å². The van der Waals surface area contributed by atoms with Crippen LogP contribution in [0.4, 0.5) is 0 Å². The summed E-state index contributed by atoms with van der Waals surface area (Å²) >= 11 is 0. The third-order valence-corrected chi connectivity index (χ3v) is 6.52. The molecule has 1 atom stereocenters. The fourth-order valence-electron chi connectivity index (χ4n) is 4.58. The van der Waals surface area contributed by atoms with Crippen LogP contribution in [0.3, 0.4) is 0 Å². The predicted molar refractivity (Wildman–Crippen MR) is 133 cm³/mol. The lowest BCUT2D eigenvalue weighted by Crippen LogP contribution is -2.39. The number of aryl methyl sites for hydroxylation is 1. The number of benzene rings is 1. The molecule has 4 heterocycles. The van der Waals surface area contributed by atoms with Crippen molar-refractivity contribution in [3.63, 3.8) is 0 Å². The number of carbonyl (C=O) groups excluding carboxylic acids is 2. The molecule has 0 bridgehead atoms. The van der Waals surface area contributed by atoms with Crippen molar-refractivity contribution in [2.45, 2.75) is 44.6 Å². The molecule has 9 nitrogen and oxygen atoms in total. The van der Waals surface area contributed by atoms with Gasteiger partial charge >= 0.3 is 0 Å². The molecule has 3 aromatic heterocycles. The lowest BCUT2D eigenvalue weighted by Gasteiger charge is -2.25. The molecule has 4 aromatic rings. The largest absolute Gasteiger partial charge is 0.496 e. The molecule has 0 aliphatic carbocycles. The number of aromatic nitrogens is 4. The lowest BCUT2D eigenvalue weighted by atomic mass is 9.92. The van der Waals surface area contributed by atoms with Crippen molar-refractivity contribution in [1.29, 1.82) is 0 Å². The highest BCUT2D eigenvalue weighted by Gasteiger charge is 2.41. The van der Waals surface area contributed by atoms with Crippen molar-refractivity contribution in [3.8, 4) is 17.0 Å². The van der Waals surface area contributed by atoms with Gasteiger partial charge in [-0.05, 0) is 38.3 Å². The minimum Gasteiger partial charge on any atom is -0.496 e. The van der Waals surface area contributed by atoms with Gasteiger partial charge in [0.25, 0.3) is 0 Å². The van der Waals surface area contributed by atoms with Crippen molar-refractivity contribution in [2.75, 3.05) is 7.11 Å². The zero-order valence-corrected chi connectivity index (χ0v) is 20.2. The van der Waals surface area contributed by atoms with Crippen molar-refractivity contribution < 1.29 is 18.8 Å². The van der Waals surface area contributed by atoms with Gasteiger partial charge in [0.1, 0.15) is 29.1 Å². The Bertz CT molecular complexity index is 1440. The molecule has 0 saturated carbocycles. The van der Waals surface area contributed by atoms with E-state index in [4.69, 9.17) is 9.26 Å². The number of rotatable bonds is 9. The van der Waals surface area contributed by atoms with Crippen LogP contribution in [0.15, 0.2) is 59.5 Å². The molecule has 184 valence electrons. The molecule has 1 aromatic carbocycles. The van der Waals surface area contributed by atoms with E-state index in [9.17, 15) is 9.59 Å². The van der Waals surface area contributed by atoms with Gasteiger partial charge in [-0.15, -0.1) is 0 Å². The molecular formula is C27H27N5O4. The highest BCUT2D eigenvalue weighted by Crippen LogP contribution is 2.37. The van der Waals surface area contributed by atoms with Gasteiger partial charge in [0, 0.05) is 41.6 Å². The molecule has 1 fully saturated rings. The molecular weight excluding hydrogens is 458 g/mol. The lowest BCUT2D eigenvalue weighted by molar-refractivity contribution is -0.119. The van der Waals surface area contributed by atoms with E-state index in [0.717, 1.165) is 27.9 Å². The fourth-order valence-corrected chi connectivity index (χ4v) is 4.58. The molecule has 1 aliphatic rings. The number of methoxy groups -OCH3 is 1. The summed E-state index contributed by atoms with van der Waals surface area (Å²) < 4.78 is 10.4. The number of amides is 1. The maximum Gasteiger partial charge on any atom is 0.220 e. The SMILES string of the molecule is COc1cc2nc(C)ccc2cc1-c1cnc([C@@]2(C/C=C/CCC(=O)c3ccon3)CCC(=O)N2)[nH]1. The van der Waals surface area contributed by atoms with Gasteiger partial charge in [-0.25, -0.2) is 4.98 Å². The van der Waals surface area contributed by atoms with Crippen molar-refractivity contribution in [2.24, 2.45) is 0 Å². The average molecular weight is 486 g/mol. The summed E-state index contributed by atoms with van der Waals surface area (Å²) in [6, 6.07) is 9.53. The van der Waals surface area contributed by atoms with Crippen LogP contribution < -0.4 is 10.1 Å². The van der Waals surface area contributed by atoms with Gasteiger partial charge in [0.15, 0.2) is 5.78 Å². The summed E-state index contributed by atoms with van der Waals surface area (Å²) in [4.78, 5) is 37.0. The second-order valence-corrected chi connectivity index (χ2v) is 9.00. The van der Waals surface area contributed by atoms with Gasteiger partial charge in [-0.3, -0.25) is 14.6 Å². The molecule has 0 unspecified atom stereocenters. The standard InChI is InChI=1S/C27H27N5O4/c1-17-7-8-18-14-19(24(35-2)15-21(18)29-17)22-16-28-26(30-22)27(12-9-25(34)31-27)11-5-3-4-6-23(33)20-10-13-36-32-20/h3,5,7-8,10,13-16H,4,6,9,11-12H2,1-2H3,(H,28,30)(H,31,34)/b5-3+/t27-/m1/s1. The van der Waals surface area contributed by atoms with Crippen LogP contribution in [-0.4, -0.2) is 38.9 Å². The normalized spacial score (nSPS) is 17.7. The van der Waals surface area contributed by atoms with E-state index in [1.54, 1.807) is 19.4 Å². The molecule has 9 heteroatoms. The van der Waals surface area contributed by atoms with Crippen LogP contribution in [0.1, 0.15) is 54.1 Å². The Kier molecular flexibility index (Phi) is 6.37. The molecule has 2 N–H and O–H groups in total. The monoisotopic (exact) mass is 485 g/mol. The summed E-state index contributed by atoms with van der Waals surface area (Å²) in [6.07, 6.45) is 9.62. The topological polar surface area (TPSA) is 123 Å². The Labute approximate surface area is 208 Å². The third-order valence-electron chi connectivity index (χ3n) is 6.52. The molecule has 0 spiro atoms. The number of allylic oxidation sites excluding steroid dienone is 1. The van der Waals surface area contributed by atoms with Crippen LogP contribution in [0.5, 0.6) is 5.75 Å². The van der Waals surface area contributed by atoms with Gasteiger partial charge < -0.3 is 19.6 Å². The van der Waals surface area contributed by atoms with E-state index in [-0.39, 0.29) is 11.7 Å². The fraction of sp³-hybridized carbons (Fsp3) is 0.296. The minimum absolute atomic E-state index is 0.00714. The first-order chi connectivity index (χ1) is 17.5. The number of nitrogens with zero attached hydrogens (tertiary/aromatic N) is 3. The number of ether oxygens (including phenoxy) is 1. The number of fused-ring (bicyclic) bond motifs is 1. The number of H-pyrrole nitrogens is 1. The van der Waals surface area contributed by atoms with Gasteiger partial charge in [0.2, 0.25) is 5.91 Å². The molecule has 1 aliphatic heterocycles. The number of hydrogen-bond donors (Lipinski definition) is 2. The summed E-state index contributed by atoms with van der Waals surface area (Å²) in [7, 11) is 1.63. The highest BCUT2D eigenvalue weighted by atomic mass is 16.5. The van der Waals surface area contributed by atoms with Crippen molar-refractivity contribution >= 4 is 22.6 Å². The molecule has 1 amide bonds. The molecule has 36 heavy (non-hydrogen) atoms. The first-order valence-electron chi connectivity index (χ1n) is 11.9. The van der Waals surface area contributed by atoms with E-state index in [2.05, 4.69) is 25.4 Å². The average Bonchev–Trinajstić information content (AvgIpc) is 3.64. The van der Waals surface area contributed by atoms with Crippen LogP contribution in [-0.2, 0) is 10.3 Å². The number of imidazole rings is 1. The maximum atomic E-state index is 12.2. The first-order valence-corrected chi connectivity index (χ1v) is 11.9. The molecule has 1 saturated heterocycles. The Morgan fingerprint density at radius 1 is 1.25 bits per heavy atom. The number of pyridine rings is 1. The summed E-state index contributed by atoms with van der Waals surface area (Å²) in [5, 5.41) is 7.80. The smallest absolute Gasteiger partial charge is 0.220 e. The van der Waals surface area contributed by atoms with Crippen molar-refractivity contribution in [3.05, 3.63) is 72.2 Å². The summed E-state index contributed by atoms with van der Waals surface area (Å²) in [5.74, 6) is 1.31. The van der Waals surface area contributed by atoms with E-state index < -0.39 is 5.54 Å². The number of nitrogens with one attached hydrogen (secondary N) is 2. The zero-order chi connectivity index (χ0) is 25.1. The van der Waals surface area contributed by atoms with Gasteiger partial charge in [0.05, 0.1) is 24.5 Å². The third kappa shape index (κ3) is 4.64. The number of Topliss-reactive ketones (excluding diaryl/α,β-unsaturated/α-hetero) is 1. The van der Waals surface area contributed by atoms with E-state index in [1.807, 2.05) is 43.3 Å². The number of hydrogen-bond acceptors (Lipinski definition) is 7. The zero-order valence-electron chi connectivity index (χ0n) is 20.2. The van der Waals surface area contributed by atoms with Gasteiger partial charge in [-0.2, -0.15) is 0 Å². The number of aromatic amines is 1. The Morgan fingerprint density at radius 2 is 2.14 bits per heavy atom. The van der Waals surface area contributed by atoms with Crippen LogP contribution >= 0.6 is 0 Å². The van der Waals surface area contributed by atoms with Crippen LogP contribution in [0.25, 0.3) is 22.2 Å². The summed E-state index contributed by atoms with van der Waals surface area (Å²) in [6.45, 7) is 1.96. The second-order valence-electron chi connectivity index (χ2n) is 9.00. The van der Waals surface area contributed by atoms with E-state index in [1.165, 1.54) is 6.26 Å². The van der Waals surface area contributed by atoms with Crippen LogP contribution in [0, 0.1) is 6.92 Å². The van der Waals surface area contributed by atoms with Gasteiger partial charge in [-0.1, -0.05) is 23.4 Å². The minimum atomic E-state index is -0.634. The first kappa shape index (κ1) is 23.5.